The van der Waals surface area contributed by atoms with Gasteiger partial charge in [0.05, 0.1) is 5.69 Å². The summed E-state index contributed by atoms with van der Waals surface area (Å²) in [6, 6.07) is 11.6. The van der Waals surface area contributed by atoms with Gasteiger partial charge < -0.3 is 15.0 Å². The van der Waals surface area contributed by atoms with E-state index in [4.69, 9.17) is 4.74 Å². The first kappa shape index (κ1) is 21.0. The SMILES string of the molecule is CCOCCCNC(=O)C1CCN(C(=O)c2cc(C)n(-c3ccccc3)n2)CC1. The third-order valence-corrected chi connectivity index (χ3v) is 5.23. The number of ether oxygens (including phenoxy) is 1. The van der Waals surface area contributed by atoms with E-state index in [1.165, 1.54) is 0 Å². The first-order chi connectivity index (χ1) is 14.1. The van der Waals surface area contributed by atoms with E-state index in [1.807, 2.05) is 50.2 Å². The summed E-state index contributed by atoms with van der Waals surface area (Å²) in [4.78, 5) is 27.0. The molecule has 0 unspecified atom stereocenters. The number of amides is 2. The summed E-state index contributed by atoms with van der Waals surface area (Å²) < 4.78 is 7.07. The van der Waals surface area contributed by atoms with Crippen molar-refractivity contribution in [3.05, 3.63) is 47.8 Å². The van der Waals surface area contributed by atoms with Gasteiger partial charge >= 0.3 is 0 Å². The van der Waals surface area contributed by atoms with Crippen LogP contribution >= 0.6 is 0 Å². The molecule has 1 aromatic carbocycles. The number of para-hydroxylation sites is 1. The van der Waals surface area contributed by atoms with Crippen LogP contribution in [-0.2, 0) is 9.53 Å². The lowest BCUT2D eigenvalue weighted by Gasteiger charge is -2.30. The van der Waals surface area contributed by atoms with Crippen LogP contribution in [0.3, 0.4) is 0 Å². The molecule has 0 bridgehead atoms. The molecule has 3 rings (SSSR count). The molecule has 1 aliphatic rings. The Morgan fingerprint density at radius 2 is 1.93 bits per heavy atom. The summed E-state index contributed by atoms with van der Waals surface area (Å²) in [6.07, 6.45) is 2.18. The molecule has 0 saturated carbocycles. The van der Waals surface area contributed by atoms with Crippen molar-refractivity contribution in [2.45, 2.75) is 33.1 Å². The van der Waals surface area contributed by atoms with Crippen molar-refractivity contribution in [1.82, 2.24) is 20.0 Å². The van der Waals surface area contributed by atoms with Crippen LogP contribution < -0.4 is 5.32 Å². The van der Waals surface area contributed by atoms with Crippen LogP contribution in [-0.4, -0.2) is 59.3 Å². The fraction of sp³-hybridized carbons (Fsp3) is 0.500. The summed E-state index contributed by atoms with van der Waals surface area (Å²) >= 11 is 0. The van der Waals surface area contributed by atoms with Crippen molar-refractivity contribution in [2.24, 2.45) is 5.92 Å². The lowest BCUT2D eigenvalue weighted by atomic mass is 9.95. The number of aryl methyl sites for hydroxylation is 1. The van der Waals surface area contributed by atoms with Gasteiger partial charge in [0, 0.05) is 44.5 Å². The third kappa shape index (κ3) is 5.44. The van der Waals surface area contributed by atoms with E-state index in [9.17, 15) is 9.59 Å². The number of aromatic nitrogens is 2. The Hall–Kier alpha value is -2.67. The number of piperidine rings is 1. The Bertz CT molecular complexity index is 811. The third-order valence-electron chi connectivity index (χ3n) is 5.23. The number of benzene rings is 1. The normalized spacial score (nSPS) is 14.8. The average Bonchev–Trinajstić information content (AvgIpc) is 3.15. The second-order valence-electron chi connectivity index (χ2n) is 7.33. The zero-order valence-corrected chi connectivity index (χ0v) is 17.3. The van der Waals surface area contributed by atoms with E-state index in [0.717, 1.165) is 17.8 Å². The summed E-state index contributed by atoms with van der Waals surface area (Å²) in [5.74, 6) is -0.0223. The van der Waals surface area contributed by atoms with Crippen LogP contribution in [0.25, 0.3) is 5.69 Å². The molecule has 2 amide bonds. The first-order valence-corrected chi connectivity index (χ1v) is 10.4. The van der Waals surface area contributed by atoms with Gasteiger partial charge in [-0.3, -0.25) is 9.59 Å². The van der Waals surface area contributed by atoms with Gasteiger partial charge in [-0.1, -0.05) is 18.2 Å². The van der Waals surface area contributed by atoms with Crippen molar-refractivity contribution in [3.8, 4) is 5.69 Å². The summed E-state index contributed by atoms with van der Waals surface area (Å²) in [5, 5.41) is 7.49. The topological polar surface area (TPSA) is 76.5 Å². The number of hydrogen-bond acceptors (Lipinski definition) is 4. The summed E-state index contributed by atoms with van der Waals surface area (Å²) in [7, 11) is 0. The van der Waals surface area contributed by atoms with E-state index in [2.05, 4.69) is 10.4 Å². The highest BCUT2D eigenvalue weighted by Gasteiger charge is 2.28. The van der Waals surface area contributed by atoms with Crippen molar-refractivity contribution < 1.29 is 14.3 Å². The summed E-state index contributed by atoms with van der Waals surface area (Å²) in [6.45, 7) is 7.05. The minimum atomic E-state index is -0.0710. The highest BCUT2D eigenvalue weighted by molar-refractivity contribution is 5.92. The molecule has 1 aromatic heterocycles. The highest BCUT2D eigenvalue weighted by Crippen LogP contribution is 2.20. The molecule has 29 heavy (non-hydrogen) atoms. The maximum atomic E-state index is 12.9. The number of carbonyl (C=O) groups is 2. The van der Waals surface area contributed by atoms with E-state index >= 15 is 0 Å². The largest absolute Gasteiger partial charge is 0.382 e. The minimum Gasteiger partial charge on any atom is -0.382 e. The molecule has 0 aliphatic carbocycles. The Morgan fingerprint density at radius 3 is 2.62 bits per heavy atom. The van der Waals surface area contributed by atoms with E-state index < -0.39 is 0 Å². The molecule has 156 valence electrons. The standard InChI is InChI=1S/C22H30N4O3/c1-3-29-15-7-12-23-21(27)18-10-13-25(14-11-18)22(28)20-16-17(2)26(24-20)19-8-5-4-6-9-19/h4-6,8-9,16,18H,3,7,10-15H2,1-2H3,(H,23,27). The summed E-state index contributed by atoms with van der Waals surface area (Å²) in [5.41, 5.74) is 2.30. The molecule has 2 aromatic rings. The van der Waals surface area contributed by atoms with Gasteiger partial charge in [-0.05, 0) is 51.3 Å². The van der Waals surface area contributed by atoms with Crippen LogP contribution in [0.4, 0.5) is 0 Å². The van der Waals surface area contributed by atoms with Gasteiger partial charge in [-0.25, -0.2) is 4.68 Å². The van der Waals surface area contributed by atoms with E-state index in [-0.39, 0.29) is 17.7 Å². The van der Waals surface area contributed by atoms with Gasteiger partial charge in [-0.15, -0.1) is 0 Å². The Balaban J connectivity index is 1.51. The molecule has 7 nitrogen and oxygen atoms in total. The lowest BCUT2D eigenvalue weighted by Crippen LogP contribution is -2.43. The predicted molar refractivity (Wildman–Crippen MR) is 111 cm³/mol. The maximum absolute atomic E-state index is 12.9. The molecule has 1 N–H and O–H groups in total. The fourth-order valence-corrected chi connectivity index (χ4v) is 3.59. The van der Waals surface area contributed by atoms with Crippen LogP contribution in [0.5, 0.6) is 0 Å². The molecule has 7 heteroatoms. The van der Waals surface area contributed by atoms with Crippen molar-refractivity contribution in [1.29, 1.82) is 0 Å². The highest BCUT2D eigenvalue weighted by atomic mass is 16.5. The Morgan fingerprint density at radius 1 is 1.21 bits per heavy atom. The zero-order valence-electron chi connectivity index (χ0n) is 17.3. The molecule has 2 heterocycles. The number of nitrogens with one attached hydrogen (secondary N) is 1. The number of rotatable bonds is 8. The number of hydrogen-bond donors (Lipinski definition) is 1. The molecular weight excluding hydrogens is 368 g/mol. The number of nitrogens with zero attached hydrogens (tertiary/aromatic N) is 3. The van der Waals surface area contributed by atoms with E-state index in [0.29, 0.717) is 51.4 Å². The average molecular weight is 399 g/mol. The Kier molecular flexibility index (Phi) is 7.41. The van der Waals surface area contributed by atoms with Crippen molar-refractivity contribution >= 4 is 11.8 Å². The second-order valence-corrected chi connectivity index (χ2v) is 7.33. The lowest BCUT2D eigenvalue weighted by molar-refractivity contribution is -0.126. The molecule has 1 fully saturated rings. The second kappa shape index (κ2) is 10.2. The molecule has 0 atom stereocenters. The Labute approximate surface area is 172 Å². The quantitative estimate of drug-likeness (QED) is 0.694. The van der Waals surface area contributed by atoms with Gasteiger partial charge in [-0.2, -0.15) is 5.10 Å². The van der Waals surface area contributed by atoms with Crippen LogP contribution in [0.1, 0.15) is 42.4 Å². The van der Waals surface area contributed by atoms with Crippen LogP contribution in [0.2, 0.25) is 0 Å². The molecule has 0 spiro atoms. The molecule has 1 aliphatic heterocycles. The maximum Gasteiger partial charge on any atom is 0.274 e. The number of likely N-dealkylation sites (tertiary alicyclic amines) is 1. The molecule has 1 saturated heterocycles. The minimum absolute atomic E-state index is 0.0326. The van der Waals surface area contributed by atoms with Crippen LogP contribution in [0.15, 0.2) is 36.4 Å². The van der Waals surface area contributed by atoms with Gasteiger partial charge in [0.1, 0.15) is 0 Å². The van der Waals surface area contributed by atoms with E-state index in [1.54, 1.807) is 9.58 Å². The molecular formula is C22H30N4O3. The van der Waals surface area contributed by atoms with Gasteiger partial charge in [0.15, 0.2) is 5.69 Å². The monoisotopic (exact) mass is 398 g/mol. The first-order valence-electron chi connectivity index (χ1n) is 10.4. The van der Waals surface area contributed by atoms with Crippen molar-refractivity contribution in [2.75, 3.05) is 32.8 Å². The zero-order chi connectivity index (χ0) is 20.6. The smallest absolute Gasteiger partial charge is 0.274 e. The fourth-order valence-electron chi connectivity index (χ4n) is 3.59. The van der Waals surface area contributed by atoms with Crippen LogP contribution in [0, 0.1) is 12.8 Å². The van der Waals surface area contributed by atoms with Crippen molar-refractivity contribution in [3.63, 3.8) is 0 Å². The van der Waals surface area contributed by atoms with Gasteiger partial charge in [0.2, 0.25) is 5.91 Å². The molecule has 0 radical (unpaired) electrons. The predicted octanol–water partition coefficient (Wildman–Crippen LogP) is 2.58. The number of carbonyl (C=O) groups excluding carboxylic acids is 2. The van der Waals surface area contributed by atoms with Gasteiger partial charge in [0.25, 0.3) is 5.91 Å².